The molecule has 1 aromatic carbocycles. The molecule has 1 aromatic heterocycles. The van der Waals surface area contributed by atoms with Crippen molar-refractivity contribution in [3.63, 3.8) is 0 Å². The summed E-state index contributed by atoms with van der Waals surface area (Å²) in [4.78, 5) is 42.6. The Labute approximate surface area is 173 Å². The number of amides is 2. The van der Waals surface area contributed by atoms with Gasteiger partial charge in [0.05, 0.1) is 29.4 Å². The van der Waals surface area contributed by atoms with Gasteiger partial charge < -0.3 is 19.7 Å². The normalized spacial score (nSPS) is 17.6. The number of nitrogens with one attached hydrogen (secondary N) is 1. The summed E-state index contributed by atoms with van der Waals surface area (Å²) in [5.41, 5.74) is 0.975. The van der Waals surface area contributed by atoms with E-state index in [1.807, 2.05) is 24.3 Å². The van der Waals surface area contributed by atoms with E-state index >= 15 is 0 Å². The molecular formula is C20H25N3O5S. The average Bonchev–Trinajstić information content (AvgIpc) is 3.20. The third kappa shape index (κ3) is 5.23. The van der Waals surface area contributed by atoms with Gasteiger partial charge in [-0.2, -0.15) is 0 Å². The molecule has 1 unspecified atom stereocenters. The number of rotatable bonds is 6. The standard InChI is InChI=1S/C20H25N3O5S/c1-27-17(24)10-9-15(19(25)28-2)22-20(26)23-11-5-6-13(12-23)18-21-14-7-3-4-8-16(14)29-18/h3-4,7-8,13,15H,5-6,9-12H2,1-2H3,(H,22,26)/t13?,15-/m0/s1. The number of hydrogen-bond donors (Lipinski definition) is 1. The van der Waals surface area contributed by atoms with Crippen molar-refractivity contribution in [1.82, 2.24) is 15.2 Å². The maximum absolute atomic E-state index is 12.8. The van der Waals surface area contributed by atoms with Crippen molar-refractivity contribution < 1.29 is 23.9 Å². The summed E-state index contributed by atoms with van der Waals surface area (Å²) >= 11 is 1.66. The van der Waals surface area contributed by atoms with Crippen LogP contribution in [-0.4, -0.2) is 61.2 Å². The molecule has 2 aromatic rings. The summed E-state index contributed by atoms with van der Waals surface area (Å²) in [6, 6.07) is 6.77. The number of ether oxygens (including phenoxy) is 2. The van der Waals surface area contributed by atoms with Crippen molar-refractivity contribution in [2.45, 2.75) is 37.6 Å². The third-order valence-corrected chi connectivity index (χ3v) is 6.22. The van der Waals surface area contributed by atoms with Crippen molar-refractivity contribution >= 4 is 39.5 Å². The number of benzene rings is 1. The first kappa shape index (κ1) is 21.0. The van der Waals surface area contributed by atoms with Crippen molar-refractivity contribution in [1.29, 1.82) is 0 Å². The van der Waals surface area contributed by atoms with Crippen molar-refractivity contribution in [2.75, 3.05) is 27.3 Å². The summed E-state index contributed by atoms with van der Waals surface area (Å²) in [5.74, 6) is -0.859. The van der Waals surface area contributed by atoms with E-state index in [1.54, 1.807) is 16.2 Å². The lowest BCUT2D eigenvalue weighted by Crippen LogP contribution is -2.50. The lowest BCUT2D eigenvalue weighted by Gasteiger charge is -2.32. The highest BCUT2D eigenvalue weighted by Gasteiger charge is 2.30. The lowest BCUT2D eigenvalue weighted by molar-refractivity contribution is -0.144. The van der Waals surface area contributed by atoms with Crippen LogP contribution in [0.25, 0.3) is 10.2 Å². The van der Waals surface area contributed by atoms with Crippen LogP contribution in [0.15, 0.2) is 24.3 Å². The first-order chi connectivity index (χ1) is 14.0. The Morgan fingerprint density at radius 2 is 2.07 bits per heavy atom. The number of hydrogen-bond acceptors (Lipinski definition) is 7. The van der Waals surface area contributed by atoms with Gasteiger partial charge in [0.25, 0.3) is 0 Å². The number of piperidine rings is 1. The first-order valence-corrected chi connectivity index (χ1v) is 10.4. The smallest absolute Gasteiger partial charge is 0.328 e. The second kappa shape index (κ2) is 9.69. The predicted molar refractivity (Wildman–Crippen MR) is 109 cm³/mol. The van der Waals surface area contributed by atoms with Gasteiger partial charge in [0.1, 0.15) is 6.04 Å². The fraction of sp³-hybridized carbons (Fsp3) is 0.500. The van der Waals surface area contributed by atoms with E-state index < -0.39 is 18.0 Å². The Kier molecular flexibility index (Phi) is 7.03. The van der Waals surface area contributed by atoms with Gasteiger partial charge in [-0.3, -0.25) is 4.79 Å². The number of likely N-dealkylation sites (tertiary alicyclic amines) is 1. The molecule has 0 bridgehead atoms. The summed E-state index contributed by atoms with van der Waals surface area (Å²) in [6.45, 7) is 1.15. The molecule has 0 spiro atoms. The first-order valence-electron chi connectivity index (χ1n) is 9.57. The molecule has 29 heavy (non-hydrogen) atoms. The molecule has 1 N–H and O–H groups in total. The Hall–Kier alpha value is -2.68. The zero-order valence-corrected chi connectivity index (χ0v) is 17.4. The summed E-state index contributed by atoms with van der Waals surface area (Å²) < 4.78 is 10.5. The number of carbonyl (C=O) groups excluding carboxylic acids is 3. The van der Waals surface area contributed by atoms with Gasteiger partial charge in [0, 0.05) is 25.4 Å². The van der Waals surface area contributed by atoms with Gasteiger partial charge in [0.2, 0.25) is 0 Å². The topological polar surface area (TPSA) is 97.8 Å². The molecule has 0 radical (unpaired) electrons. The van der Waals surface area contributed by atoms with Crippen LogP contribution in [0.3, 0.4) is 0 Å². The van der Waals surface area contributed by atoms with Crippen molar-refractivity contribution in [2.24, 2.45) is 0 Å². The number of esters is 2. The SMILES string of the molecule is COC(=O)CC[C@H](NC(=O)N1CCCC(c2nc3ccccc3s2)C1)C(=O)OC. The fourth-order valence-electron chi connectivity index (χ4n) is 3.42. The van der Waals surface area contributed by atoms with Crippen LogP contribution in [0, 0.1) is 0 Å². The Bertz CT molecular complexity index is 851. The number of carbonyl (C=O) groups is 3. The molecule has 2 atom stereocenters. The molecule has 0 saturated carbocycles. The minimum atomic E-state index is -0.894. The van der Waals surface area contributed by atoms with E-state index in [9.17, 15) is 14.4 Å². The average molecular weight is 420 g/mol. The van der Waals surface area contributed by atoms with Crippen LogP contribution in [0.4, 0.5) is 4.79 Å². The molecule has 2 amide bonds. The van der Waals surface area contributed by atoms with Crippen LogP contribution in [0.5, 0.6) is 0 Å². The quantitative estimate of drug-likeness (QED) is 0.723. The molecule has 1 aliphatic heterocycles. The van der Waals surface area contributed by atoms with Crippen LogP contribution < -0.4 is 5.32 Å². The number of methoxy groups -OCH3 is 2. The Balaban J connectivity index is 1.64. The number of thiazole rings is 1. The number of para-hydroxylation sites is 1. The lowest BCUT2D eigenvalue weighted by atomic mass is 9.99. The molecule has 3 rings (SSSR count). The minimum absolute atomic E-state index is 0.0187. The van der Waals surface area contributed by atoms with Crippen molar-refractivity contribution in [3.05, 3.63) is 29.3 Å². The van der Waals surface area contributed by atoms with E-state index in [4.69, 9.17) is 9.72 Å². The zero-order chi connectivity index (χ0) is 20.8. The highest BCUT2D eigenvalue weighted by atomic mass is 32.1. The van der Waals surface area contributed by atoms with Gasteiger partial charge in [-0.05, 0) is 31.4 Å². The zero-order valence-electron chi connectivity index (χ0n) is 16.6. The molecule has 9 heteroatoms. The van der Waals surface area contributed by atoms with Crippen LogP contribution in [0.1, 0.15) is 36.6 Å². The van der Waals surface area contributed by atoms with Gasteiger partial charge in [-0.25, -0.2) is 14.6 Å². The largest absolute Gasteiger partial charge is 0.469 e. The van der Waals surface area contributed by atoms with Gasteiger partial charge in [0.15, 0.2) is 0 Å². The molecule has 156 valence electrons. The van der Waals surface area contributed by atoms with E-state index in [1.165, 1.54) is 14.2 Å². The van der Waals surface area contributed by atoms with Crippen LogP contribution in [-0.2, 0) is 19.1 Å². The maximum atomic E-state index is 12.8. The van der Waals surface area contributed by atoms with Gasteiger partial charge >= 0.3 is 18.0 Å². The minimum Gasteiger partial charge on any atom is -0.469 e. The monoisotopic (exact) mass is 419 g/mol. The van der Waals surface area contributed by atoms with Crippen LogP contribution >= 0.6 is 11.3 Å². The molecule has 0 aliphatic carbocycles. The third-order valence-electron chi connectivity index (χ3n) is 5.02. The van der Waals surface area contributed by atoms with Gasteiger partial charge in [-0.15, -0.1) is 11.3 Å². The summed E-state index contributed by atoms with van der Waals surface area (Å²) in [7, 11) is 2.54. The highest BCUT2D eigenvalue weighted by molar-refractivity contribution is 7.18. The fourth-order valence-corrected chi connectivity index (χ4v) is 4.52. The molecule has 1 saturated heterocycles. The summed E-state index contributed by atoms with van der Waals surface area (Å²) in [5, 5.41) is 3.73. The number of urea groups is 1. The van der Waals surface area contributed by atoms with E-state index in [2.05, 4.69) is 10.1 Å². The molecular weight excluding hydrogens is 394 g/mol. The Morgan fingerprint density at radius 3 is 2.79 bits per heavy atom. The molecule has 8 nitrogen and oxygen atoms in total. The Morgan fingerprint density at radius 1 is 1.28 bits per heavy atom. The second-order valence-corrected chi connectivity index (χ2v) is 8.01. The van der Waals surface area contributed by atoms with E-state index in [0.29, 0.717) is 13.1 Å². The molecule has 1 fully saturated rings. The molecule has 2 heterocycles. The molecule has 1 aliphatic rings. The predicted octanol–water partition coefficient (Wildman–Crippen LogP) is 2.68. The van der Waals surface area contributed by atoms with E-state index in [0.717, 1.165) is 28.1 Å². The second-order valence-electron chi connectivity index (χ2n) is 6.95. The van der Waals surface area contributed by atoms with Crippen LogP contribution in [0.2, 0.25) is 0 Å². The highest BCUT2D eigenvalue weighted by Crippen LogP contribution is 2.32. The van der Waals surface area contributed by atoms with E-state index in [-0.39, 0.29) is 24.8 Å². The number of fused-ring (bicyclic) bond motifs is 1. The van der Waals surface area contributed by atoms with Gasteiger partial charge in [-0.1, -0.05) is 12.1 Å². The number of nitrogens with zero attached hydrogens (tertiary/aromatic N) is 2. The number of aromatic nitrogens is 1. The summed E-state index contributed by atoms with van der Waals surface area (Å²) in [6.07, 6.45) is 1.97. The maximum Gasteiger partial charge on any atom is 0.328 e. The van der Waals surface area contributed by atoms with Crippen molar-refractivity contribution in [3.8, 4) is 0 Å².